The lowest BCUT2D eigenvalue weighted by atomic mass is 10.2. The van der Waals surface area contributed by atoms with Crippen LogP contribution in [0.4, 0.5) is 0 Å². The van der Waals surface area contributed by atoms with Crippen molar-refractivity contribution in [3.63, 3.8) is 0 Å². The number of nitrogens with zero attached hydrogens (tertiary/aromatic N) is 2. The average molecular weight is 390 g/mol. The molecule has 0 aliphatic rings. The van der Waals surface area contributed by atoms with Gasteiger partial charge in [-0.3, -0.25) is 4.79 Å². The maximum absolute atomic E-state index is 11.9. The Morgan fingerprint density at radius 1 is 1.12 bits per heavy atom. The Labute approximate surface area is 160 Å². The molecule has 0 aliphatic heterocycles. The van der Waals surface area contributed by atoms with Crippen molar-refractivity contribution in [3.05, 3.63) is 47.9 Å². The van der Waals surface area contributed by atoms with Crippen LogP contribution in [0.25, 0.3) is 11.5 Å². The van der Waals surface area contributed by atoms with Gasteiger partial charge in [-0.05, 0) is 32.0 Å². The van der Waals surface area contributed by atoms with E-state index < -0.39 is 0 Å². The summed E-state index contributed by atoms with van der Waals surface area (Å²) in [6.45, 7) is 4.50. The van der Waals surface area contributed by atoms with Crippen molar-refractivity contribution in [2.75, 3.05) is 18.1 Å². The Bertz CT molecular complexity index is 859. The van der Waals surface area contributed by atoms with Crippen LogP contribution in [0, 0.1) is 13.8 Å². The van der Waals surface area contributed by atoms with Gasteiger partial charge >= 0.3 is 0 Å². The second-order valence-electron chi connectivity index (χ2n) is 5.56. The summed E-state index contributed by atoms with van der Waals surface area (Å²) < 4.78 is 10.8. The number of nitrogens with one attached hydrogen (secondary N) is 1. The zero-order valence-electron chi connectivity index (χ0n) is 14.5. The van der Waals surface area contributed by atoms with E-state index in [1.54, 1.807) is 24.1 Å². The normalized spacial score (nSPS) is 10.8. The summed E-state index contributed by atoms with van der Waals surface area (Å²) in [5, 5.41) is 11.2. The topological polar surface area (TPSA) is 81.2 Å². The molecule has 3 rings (SSSR count). The predicted molar refractivity (Wildman–Crippen MR) is 102 cm³/mol. The highest BCUT2D eigenvalue weighted by Gasteiger charge is 2.14. The van der Waals surface area contributed by atoms with Gasteiger partial charge in [-0.2, -0.15) is 0 Å². The van der Waals surface area contributed by atoms with Crippen molar-refractivity contribution in [3.8, 4) is 11.5 Å². The van der Waals surface area contributed by atoms with Gasteiger partial charge < -0.3 is 14.2 Å². The van der Waals surface area contributed by atoms with E-state index in [0.29, 0.717) is 23.4 Å². The highest BCUT2D eigenvalue weighted by molar-refractivity contribution is 7.99. The van der Waals surface area contributed by atoms with Crippen molar-refractivity contribution in [1.29, 1.82) is 0 Å². The molecule has 0 fully saturated rings. The largest absolute Gasteiger partial charge is 0.469 e. The highest BCUT2D eigenvalue weighted by atomic mass is 32.2. The summed E-state index contributed by atoms with van der Waals surface area (Å²) in [5.74, 6) is 2.12. The third-order valence-electron chi connectivity index (χ3n) is 3.54. The second-order valence-corrected chi connectivity index (χ2v) is 7.66. The number of aromatic nitrogens is 2. The van der Waals surface area contributed by atoms with Gasteiger partial charge in [-0.15, -0.1) is 22.0 Å². The van der Waals surface area contributed by atoms with Crippen LogP contribution in [0.3, 0.4) is 0 Å². The number of hydrogen-bond acceptors (Lipinski definition) is 7. The van der Waals surface area contributed by atoms with Crippen molar-refractivity contribution < 1.29 is 13.6 Å². The molecule has 3 aromatic rings. The van der Waals surface area contributed by atoms with E-state index >= 15 is 0 Å². The lowest BCUT2D eigenvalue weighted by molar-refractivity contribution is -0.118. The maximum atomic E-state index is 11.9. The van der Waals surface area contributed by atoms with Crippen molar-refractivity contribution in [2.45, 2.75) is 24.0 Å². The molecule has 0 saturated carbocycles. The number of carbonyl (C=O) groups excluding carboxylic acids is 1. The summed E-state index contributed by atoms with van der Waals surface area (Å²) >= 11 is 2.94. The number of benzene rings is 1. The first kappa shape index (κ1) is 18.6. The highest BCUT2D eigenvalue weighted by Crippen LogP contribution is 2.26. The molecule has 0 radical (unpaired) electrons. The van der Waals surface area contributed by atoms with Gasteiger partial charge in [0.25, 0.3) is 11.1 Å². The minimum Gasteiger partial charge on any atom is -0.469 e. The molecule has 0 saturated heterocycles. The fourth-order valence-electron chi connectivity index (χ4n) is 2.16. The number of thioether (sulfide) groups is 2. The molecule has 2 aromatic heterocycles. The maximum Gasteiger partial charge on any atom is 0.277 e. The van der Waals surface area contributed by atoms with E-state index in [1.807, 2.05) is 6.92 Å². The Balaban J connectivity index is 1.37. The van der Waals surface area contributed by atoms with Crippen molar-refractivity contribution >= 4 is 29.4 Å². The predicted octanol–water partition coefficient (Wildman–Crippen LogP) is 3.95. The number of furan rings is 1. The molecule has 1 aromatic carbocycles. The van der Waals surface area contributed by atoms with Crippen LogP contribution in [0.5, 0.6) is 0 Å². The fraction of sp³-hybridized carbons (Fsp3) is 0.278. The molecule has 8 heteroatoms. The van der Waals surface area contributed by atoms with Gasteiger partial charge in [-0.1, -0.05) is 29.5 Å². The van der Waals surface area contributed by atoms with E-state index in [4.69, 9.17) is 8.83 Å². The summed E-state index contributed by atoms with van der Waals surface area (Å²) in [6.07, 6.45) is 1.57. The molecule has 0 aliphatic carbocycles. The lowest BCUT2D eigenvalue weighted by Gasteiger charge is -2.04. The van der Waals surface area contributed by atoms with Crippen LogP contribution in [-0.2, 0) is 4.79 Å². The third kappa shape index (κ3) is 5.15. The molecule has 0 spiro atoms. The minimum absolute atomic E-state index is 0.0567. The van der Waals surface area contributed by atoms with Gasteiger partial charge in [0.05, 0.1) is 17.6 Å². The molecule has 2 heterocycles. The number of amides is 1. The molecule has 1 amide bonds. The van der Waals surface area contributed by atoms with Crippen molar-refractivity contribution in [2.24, 2.45) is 0 Å². The quantitative estimate of drug-likeness (QED) is 0.461. The molecule has 6 nitrogen and oxygen atoms in total. The van der Waals surface area contributed by atoms with E-state index in [-0.39, 0.29) is 11.7 Å². The SMILES string of the molecule is Cc1ccc(SCCNC(=O)CSc2nnc(-c3ccoc3C)o2)cc1. The summed E-state index contributed by atoms with van der Waals surface area (Å²) in [6, 6.07) is 10.1. The third-order valence-corrected chi connectivity index (χ3v) is 5.37. The van der Waals surface area contributed by atoms with Gasteiger partial charge in [-0.25, -0.2) is 0 Å². The number of hydrogen-bond donors (Lipinski definition) is 1. The molecular weight excluding hydrogens is 370 g/mol. The smallest absolute Gasteiger partial charge is 0.277 e. The Morgan fingerprint density at radius 3 is 2.65 bits per heavy atom. The monoisotopic (exact) mass is 389 g/mol. The number of rotatable bonds is 8. The second kappa shape index (κ2) is 8.95. The molecular formula is C18H19N3O3S2. The molecule has 136 valence electrons. The fourth-order valence-corrected chi connectivity index (χ4v) is 3.52. The molecule has 0 atom stereocenters. The number of aryl methyl sites for hydroxylation is 2. The zero-order chi connectivity index (χ0) is 18.4. The molecule has 0 unspecified atom stereocenters. The van der Waals surface area contributed by atoms with Crippen LogP contribution >= 0.6 is 23.5 Å². The standard InChI is InChI=1S/C18H19N3O3S2/c1-12-3-5-14(6-4-12)25-10-8-19-16(22)11-26-18-21-20-17(24-18)15-7-9-23-13(15)2/h3-7,9H,8,10-11H2,1-2H3,(H,19,22). The average Bonchev–Trinajstić information content (AvgIpc) is 3.27. The first-order valence-electron chi connectivity index (χ1n) is 8.09. The molecule has 1 N–H and O–H groups in total. The molecule has 0 bridgehead atoms. The van der Waals surface area contributed by atoms with Gasteiger partial charge in [0, 0.05) is 17.2 Å². The minimum atomic E-state index is -0.0567. The van der Waals surface area contributed by atoms with Crippen LogP contribution in [-0.4, -0.2) is 34.2 Å². The number of carbonyl (C=O) groups is 1. The summed E-state index contributed by atoms with van der Waals surface area (Å²) in [5.41, 5.74) is 2.01. The zero-order valence-corrected chi connectivity index (χ0v) is 16.2. The van der Waals surface area contributed by atoms with E-state index in [2.05, 4.69) is 46.7 Å². The van der Waals surface area contributed by atoms with Crippen molar-refractivity contribution in [1.82, 2.24) is 15.5 Å². The Morgan fingerprint density at radius 2 is 1.92 bits per heavy atom. The van der Waals surface area contributed by atoms with Gasteiger partial charge in [0.2, 0.25) is 5.91 Å². The first-order valence-corrected chi connectivity index (χ1v) is 10.1. The van der Waals surface area contributed by atoms with Crippen LogP contribution < -0.4 is 5.32 Å². The van der Waals surface area contributed by atoms with Crippen LogP contribution in [0.2, 0.25) is 0 Å². The molecule has 26 heavy (non-hydrogen) atoms. The van der Waals surface area contributed by atoms with E-state index in [9.17, 15) is 4.79 Å². The Kier molecular flexibility index (Phi) is 6.40. The van der Waals surface area contributed by atoms with Crippen LogP contribution in [0.15, 0.2) is 55.5 Å². The summed E-state index contributed by atoms with van der Waals surface area (Å²) in [7, 11) is 0. The first-order chi connectivity index (χ1) is 12.6. The van der Waals surface area contributed by atoms with E-state index in [0.717, 1.165) is 11.3 Å². The lowest BCUT2D eigenvalue weighted by Crippen LogP contribution is -2.27. The summed E-state index contributed by atoms with van der Waals surface area (Å²) in [4.78, 5) is 13.1. The van der Waals surface area contributed by atoms with Gasteiger partial charge in [0.15, 0.2) is 0 Å². The van der Waals surface area contributed by atoms with E-state index in [1.165, 1.54) is 22.2 Å². The Hall–Kier alpha value is -2.19. The van der Waals surface area contributed by atoms with Crippen LogP contribution in [0.1, 0.15) is 11.3 Å². The van der Waals surface area contributed by atoms with Gasteiger partial charge in [0.1, 0.15) is 5.76 Å².